The highest BCUT2D eigenvalue weighted by atomic mass is 19.1. The minimum atomic E-state index is -0.299. The number of esters is 1. The molecular formula is C19H25FN2O3. The molecule has 1 saturated carbocycles. The largest absolute Gasteiger partial charge is 0.469 e. The number of methoxy groups -OCH3 is 1. The summed E-state index contributed by atoms with van der Waals surface area (Å²) in [6.45, 7) is 1.27. The number of hydrogen-bond donors (Lipinski definition) is 1. The van der Waals surface area contributed by atoms with E-state index in [0.29, 0.717) is 18.8 Å². The summed E-state index contributed by atoms with van der Waals surface area (Å²) in [6.07, 6.45) is 3.92. The van der Waals surface area contributed by atoms with Gasteiger partial charge in [0.25, 0.3) is 0 Å². The number of piperidine rings is 1. The smallest absolute Gasteiger partial charge is 0.309 e. The summed E-state index contributed by atoms with van der Waals surface area (Å²) in [5.41, 5.74) is 0.508. The van der Waals surface area contributed by atoms with Gasteiger partial charge in [0.15, 0.2) is 0 Å². The van der Waals surface area contributed by atoms with Crippen molar-refractivity contribution in [1.29, 1.82) is 0 Å². The number of para-hydroxylation sites is 1. The van der Waals surface area contributed by atoms with Crippen molar-refractivity contribution < 1.29 is 18.7 Å². The Bertz CT molecular complexity index is 629. The summed E-state index contributed by atoms with van der Waals surface area (Å²) in [5.74, 6) is -1.01. The molecule has 3 rings (SSSR count). The van der Waals surface area contributed by atoms with Crippen molar-refractivity contribution >= 4 is 17.6 Å². The lowest BCUT2D eigenvalue weighted by Crippen LogP contribution is -2.46. The maximum atomic E-state index is 13.7. The minimum Gasteiger partial charge on any atom is -0.469 e. The van der Waals surface area contributed by atoms with E-state index in [9.17, 15) is 14.0 Å². The maximum Gasteiger partial charge on any atom is 0.309 e. The molecule has 2 aliphatic rings. The van der Waals surface area contributed by atoms with E-state index in [-0.39, 0.29) is 35.6 Å². The third-order valence-corrected chi connectivity index (χ3v) is 5.38. The Labute approximate surface area is 147 Å². The first-order chi connectivity index (χ1) is 12.1. The number of ether oxygens (including phenoxy) is 1. The molecule has 1 saturated heterocycles. The summed E-state index contributed by atoms with van der Waals surface area (Å²) in [5, 5.41) is 3.23. The van der Waals surface area contributed by atoms with Crippen molar-refractivity contribution in [3.05, 3.63) is 30.1 Å². The number of benzene rings is 1. The Morgan fingerprint density at radius 1 is 1.12 bits per heavy atom. The van der Waals surface area contributed by atoms with Gasteiger partial charge in [0.05, 0.1) is 24.6 Å². The van der Waals surface area contributed by atoms with Gasteiger partial charge >= 0.3 is 5.97 Å². The fourth-order valence-electron chi connectivity index (χ4n) is 3.97. The first-order valence-corrected chi connectivity index (χ1v) is 8.98. The highest BCUT2D eigenvalue weighted by molar-refractivity contribution is 5.86. The van der Waals surface area contributed by atoms with Crippen LogP contribution in [-0.2, 0) is 14.3 Å². The van der Waals surface area contributed by atoms with Crippen molar-refractivity contribution in [1.82, 2.24) is 4.90 Å². The lowest BCUT2D eigenvalue weighted by atomic mass is 9.93. The highest BCUT2D eigenvalue weighted by Crippen LogP contribution is 2.34. The molecule has 1 aromatic rings. The van der Waals surface area contributed by atoms with Gasteiger partial charge in [0.1, 0.15) is 5.82 Å². The average Bonchev–Trinajstić information content (AvgIpc) is 3.13. The molecule has 5 nitrogen and oxygen atoms in total. The molecule has 1 aromatic carbocycles. The molecule has 25 heavy (non-hydrogen) atoms. The van der Waals surface area contributed by atoms with Crippen LogP contribution in [-0.4, -0.2) is 43.0 Å². The molecule has 136 valence electrons. The van der Waals surface area contributed by atoms with E-state index in [2.05, 4.69) is 5.32 Å². The summed E-state index contributed by atoms with van der Waals surface area (Å²) in [4.78, 5) is 26.5. The lowest BCUT2D eigenvalue weighted by molar-refractivity contribution is -0.152. The number of rotatable bonds is 4. The van der Waals surface area contributed by atoms with Crippen molar-refractivity contribution in [2.75, 3.05) is 25.5 Å². The van der Waals surface area contributed by atoms with Crippen LogP contribution in [0.15, 0.2) is 24.3 Å². The molecule has 2 atom stereocenters. The number of carbonyl (C=O) groups is 2. The first kappa shape index (κ1) is 17.7. The van der Waals surface area contributed by atoms with Crippen molar-refractivity contribution in [2.45, 2.75) is 38.1 Å². The molecule has 1 N–H and O–H groups in total. The van der Waals surface area contributed by atoms with Gasteiger partial charge in [-0.2, -0.15) is 0 Å². The second-order valence-corrected chi connectivity index (χ2v) is 6.89. The number of carbonyl (C=O) groups excluding carboxylic acids is 2. The van der Waals surface area contributed by atoms with Gasteiger partial charge in [0.2, 0.25) is 5.91 Å². The van der Waals surface area contributed by atoms with Crippen LogP contribution in [0.3, 0.4) is 0 Å². The van der Waals surface area contributed by atoms with Crippen LogP contribution in [0.4, 0.5) is 10.1 Å². The quantitative estimate of drug-likeness (QED) is 0.850. The van der Waals surface area contributed by atoms with E-state index < -0.39 is 0 Å². The molecule has 0 aromatic heterocycles. The topological polar surface area (TPSA) is 58.6 Å². The van der Waals surface area contributed by atoms with E-state index in [1.807, 2.05) is 4.90 Å². The number of likely N-dealkylation sites (tertiary alicyclic amines) is 1. The molecule has 0 radical (unpaired) electrons. The van der Waals surface area contributed by atoms with Crippen LogP contribution in [0.5, 0.6) is 0 Å². The van der Waals surface area contributed by atoms with Gasteiger partial charge < -0.3 is 15.0 Å². The first-order valence-electron chi connectivity index (χ1n) is 8.98. The van der Waals surface area contributed by atoms with Gasteiger partial charge in [-0.15, -0.1) is 0 Å². The summed E-state index contributed by atoms with van der Waals surface area (Å²) < 4.78 is 18.6. The fourth-order valence-corrected chi connectivity index (χ4v) is 3.97. The van der Waals surface area contributed by atoms with Gasteiger partial charge in [-0.3, -0.25) is 9.59 Å². The Balaban J connectivity index is 1.54. The maximum absolute atomic E-state index is 13.7. The standard InChI is InChI=1S/C19H25FN2O3/c1-25-19(24)15-6-4-5-14(15)18(23)22-11-9-13(10-12-22)21-17-8-3-2-7-16(17)20/h2-3,7-8,13-15,21H,4-6,9-12H2,1H3/t14-,15-/m1/s1. The molecule has 1 amide bonds. The minimum absolute atomic E-state index is 0.0669. The van der Waals surface area contributed by atoms with E-state index >= 15 is 0 Å². The van der Waals surface area contributed by atoms with Gasteiger partial charge in [0, 0.05) is 19.1 Å². The van der Waals surface area contributed by atoms with Crippen LogP contribution < -0.4 is 5.32 Å². The van der Waals surface area contributed by atoms with Gasteiger partial charge in [-0.05, 0) is 37.8 Å². The summed E-state index contributed by atoms with van der Waals surface area (Å²) >= 11 is 0. The Morgan fingerprint density at radius 3 is 2.48 bits per heavy atom. The molecule has 1 heterocycles. The zero-order valence-electron chi connectivity index (χ0n) is 14.5. The Hall–Kier alpha value is -2.11. The molecule has 0 spiro atoms. The Morgan fingerprint density at radius 2 is 1.80 bits per heavy atom. The van der Waals surface area contributed by atoms with Crippen LogP contribution in [0.1, 0.15) is 32.1 Å². The molecule has 2 fully saturated rings. The number of amides is 1. The van der Waals surface area contributed by atoms with Crippen LogP contribution >= 0.6 is 0 Å². The molecule has 0 bridgehead atoms. The molecule has 6 heteroatoms. The number of nitrogens with zero attached hydrogens (tertiary/aromatic N) is 1. The zero-order valence-corrected chi connectivity index (χ0v) is 14.5. The van der Waals surface area contributed by atoms with Crippen molar-refractivity contribution in [3.63, 3.8) is 0 Å². The fraction of sp³-hybridized carbons (Fsp3) is 0.579. The predicted molar refractivity (Wildman–Crippen MR) is 92.5 cm³/mol. The van der Waals surface area contributed by atoms with E-state index in [1.165, 1.54) is 13.2 Å². The van der Waals surface area contributed by atoms with E-state index in [1.54, 1.807) is 18.2 Å². The number of hydrogen-bond acceptors (Lipinski definition) is 4. The molecule has 1 aliphatic carbocycles. The van der Waals surface area contributed by atoms with Gasteiger partial charge in [-0.1, -0.05) is 18.6 Å². The van der Waals surface area contributed by atoms with Crippen molar-refractivity contribution in [3.8, 4) is 0 Å². The third-order valence-electron chi connectivity index (χ3n) is 5.38. The number of halogens is 1. The monoisotopic (exact) mass is 348 g/mol. The van der Waals surface area contributed by atoms with E-state index in [0.717, 1.165) is 32.1 Å². The lowest BCUT2D eigenvalue weighted by Gasteiger charge is -2.35. The van der Waals surface area contributed by atoms with Crippen LogP contribution in [0.2, 0.25) is 0 Å². The highest BCUT2D eigenvalue weighted by Gasteiger charge is 2.40. The van der Waals surface area contributed by atoms with Crippen LogP contribution in [0.25, 0.3) is 0 Å². The molecule has 1 aliphatic heterocycles. The predicted octanol–water partition coefficient (Wildman–Crippen LogP) is 2.82. The normalized spacial score (nSPS) is 24.2. The van der Waals surface area contributed by atoms with E-state index in [4.69, 9.17) is 4.74 Å². The summed E-state index contributed by atoms with van der Waals surface area (Å²) in [7, 11) is 1.38. The average molecular weight is 348 g/mol. The molecule has 0 unspecified atom stereocenters. The zero-order chi connectivity index (χ0) is 17.8. The second-order valence-electron chi connectivity index (χ2n) is 6.89. The van der Waals surface area contributed by atoms with Gasteiger partial charge in [-0.25, -0.2) is 4.39 Å². The van der Waals surface area contributed by atoms with Crippen LogP contribution in [0, 0.1) is 17.7 Å². The number of anilines is 1. The second kappa shape index (κ2) is 7.85. The Kier molecular flexibility index (Phi) is 5.56. The third kappa shape index (κ3) is 3.94. The number of nitrogens with one attached hydrogen (secondary N) is 1. The summed E-state index contributed by atoms with van der Waals surface area (Å²) in [6, 6.07) is 6.79. The molecular weight excluding hydrogens is 323 g/mol. The van der Waals surface area contributed by atoms with Crippen molar-refractivity contribution in [2.24, 2.45) is 11.8 Å². The SMILES string of the molecule is COC(=O)[C@@H]1CCC[C@H]1C(=O)N1CCC(Nc2ccccc2F)CC1.